The van der Waals surface area contributed by atoms with Crippen molar-refractivity contribution in [3.05, 3.63) is 46.7 Å². The van der Waals surface area contributed by atoms with E-state index in [4.69, 9.17) is 11.6 Å². The van der Waals surface area contributed by atoms with Crippen molar-refractivity contribution in [1.29, 1.82) is 0 Å². The normalized spacial score (nSPS) is 16.2. The van der Waals surface area contributed by atoms with Crippen LogP contribution in [0.4, 0.5) is 5.69 Å². The Labute approximate surface area is 195 Å². The van der Waals surface area contributed by atoms with E-state index in [1.165, 1.54) is 0 Å². The van der Waals surface area contributed by atoms with Gasteiger partial charge in [-0.3, -0.25) is 19.2 Å². The number of nitrogens with zero attached hydrogens (tertiary/aromatic N) is 5. The smallest absolute Gasteiger partial charge is 0.272 e. The minimum absolute atomic E-state index is 0.0281. The Morgan fingerprint density at radius 1 is 1.00 bits per heavy atom. The number of halogens is 1. The summed E-state index contributed by atoms with van der Waals surface area (Å²) in [5.41, 5.74) is 2.26. The first-order valence-electron chi connectivity index (χ1n) is 11.3. The number of hydrogen-bond acceptors (Lipinski definition) is 4. The van der Waals surface area contributed by atoms with Crippen LogP contribution in [0.1, 0.15) is 63.1 Å². The van der Waals surface area contributed by atoms with Gasteiger partial charge in [0.2, 0.25) is 5.91 Å². The highest BCUT2D eigenvalue weighted by molar-refractivity contribution is 6.31. The molecule has 0 aliphatic carbocycles. The highest BCUT2D eigenvalue weighted by Gasteiger charge is 2.26. The van der Waals surface area contributed by atoms with Crippen LogP contribution in [-0.4, -0.2) is 63.6 Å². The number of rotatable bonds is 3. The summed E-state index contributed by atoms with van der Waals surface area (Å²) in [6, 6.07) is 7.78. The van der Waals surface area contributed by atoms with E-state index in [9.17, 15) is 9.59 Å². The van der Waals surface area contributed by atoms with E-state index in [2.05, 4.69) is 23.8 Å². The number of fused-ring (bicyclic) bond motifs is 1. The van der Waals surface area contributed by atoms with E-state index >= 15 is 0 Å². The molecule has 7 nitrogen and oxygen atoms in total. The molecule has 1 aromatic carbocycles. The number of benzene rings is 1. The van der Waals surface area contributed by atoms with Crippen LogP contribution in [-0.2, 0) is 11.3 Å². The SMILES string of the molecule is CC(=O)N1CCCN(C(C)C)CCN(C(=O)c2ccnn2C(C)C)Cc2ccc(Cl)cc21. The van der Waals surface area contributed by atoms with Crippen molar-refractivity contribution >= 4 is 29.1 Å². The van der Waals surface area contributed by atoms with E-state index in [1.807, 2.05) is 36.9 Å². The molecule has 2 aromatic rings. The van der Waals surface area contributed by atoms with Crippen LogP contribution in [0, 0.1) is 0 Å². The molecule has 174 valence electrons. The third-order valence-electron chi connectivity index (χ3n) is 5.96. The Kier molecular flexibility index (Phi) is 7.96. The van der Waals surface area contributed by atoms with E-state index in [0.29, 0.717) is 36.4 Å². The second-order valence-corrected chi connectivity index (χ2v) is 9.34. The van der Waals surface area contributed by atoms with E-state index in [1.54, 1.807) is 28.8 Å². The third-order valence-corrected chi connectivity index (χ3v) is 6.19. The average Bonchev–Trinajstić information content (AvgIpc) is 3.21. The van der Waals surface area contributed by atoms with Gasteiger partial charge in [0, 0.05) is 63.0 Å². The average molecular weight is 460 g/mol. The van der Waals surface area contributed by atoms with Crippen molar-refractivity contribution in [3.8, 4) is 0 Å². The summed E-state index contributed by atoms with van der Waals surface area (Å²) < 4.78 is 1.76. The second kappa shape index (κ2) is 10.5. The quantitative estimate of drug-likeness (QED) is 0.689. The minimum Gasteiger partial charge on any atom is -0.332 e. The van der Waals surface area contributed by atoms with E-state index in [-0.39, 0.29) is 17.9 Å². The summed E-state index contributed by atoms with van der Waals surface area (Å²) in [6.07, 6.45) is 2.52. The van der Waals surface area contributed by atoms with Crippen molar-refractivity contribution in [2.24, 2.45) is 0 Å². The predicted octanol–water partition coefficient (Wildman–Crippen LogP) is 4.23. The van der Waals surface area contributed by atoms with Crippen LogP contribution in [0.25, 0.3) is 0 Å². The maximum atomic E-state index is 13.6. The van der Waals surface area contributed by atoms with Gasteiger partial charge in [-0.05, 0) is 57.9 Å². The molecule has 0 fully saturated rings. The van der Waals surface area contributed by atoms with Gasteiger partial charge in [-0.2, -0.15) is 5.10 Å². The summed E-state index contributed by atoms with van der Waals surface area (Å²) in [4.78, 5) is 32.2. The zero-order chi connectivity index (χ0) is 23.4. The van der Waals surface area contributed by atoms with Crippen molar-refractivity contribution in [1.82, 2.24) is 19.6 Å². The third kappa shape index (κ3) is 5.51. The Bertz CT molecular complexity index is 956. The Morgan fingerprint density at radius 3 is 2.41 bits per heavy atom. The summed E-state index contributed by atoms with van der Waals surface area (Å²) in [5.74, 6) is -0.0888. The fourth-order valence-corrected chi connectivity index (χ4v) is 4.36. The highest BCUT2D eigenvalue weighted by Crippen LogP contribution is 2.28. The number of anilines is 1. The lowest BCUT2D eigenvalue weighted by atomic mass is 10.1. The topological polar surface area (TPSA) is 61.7 Å². The standard InChI is InChI=1S/C24H34ClN5O2/c1-17(2)27-11-6-12-29(19(5)31)23-15-21(25)8-7-20(23)16-28(14-13-27)24(32)22-9-10-26-30(22)18(3)4/h7-10,15,17-18H,6,11-14,16H2,1-5H3. The maximum absolute atomic E-state index is 13.6. The fraction of sp³-hybridized carbons (Fsp3) is 0.542. The number of carbonyl (C=O) groups is 2. The van der Waals surface area contributed by atoms with Gasteiger partial charge < -0.3 is 9.80 Å². The molecule has 1 aromatic heterocycles. The van der Waals surface area contributed by atoms with Crippen molar-refractivity contribution in [2.75, 3.05) is 31.1 Å². The molecule has 3 rings (SSSR count). The number of carbonyl (C=O) groups excluding carboxylic acids is 2. The monoisotopic (exact) mass is 459 g/mol. The molecule has 0 atom stereocenters. The number of amides is 2. The molecule has 0 saturated carbocycles. The highest BCUT2D eigenvalue weighted by atomic mass is 35.5. The molecular weight excluding hydrogens is 426 g/mol. The van der Waals surface area contributed by atoms with Gasteiger partial charge in [0.05, 0.1) is 5.69 Å². The molecule has 1 aliphatic rings. The Morgan fingerprint density at radius 2 is 1.75 bits per heavy atom. The minimum atomic E-state index is -0.0607. The molecule has 0 saturated heterocycles. The van der Waals surface area contributed by atoms with Crippen molar-refractivity contribution in [2.45, 2.75) is 59.7 Å². The van der Waals surface area contributed by atoms with Crippen LogP contribution in [0.15, 0.2) is 30.5 Å². The van der Waals surface area contributed by atoms with Crippen molar-refractivity contribution in [3.63, 3.8) is 0 Å². The molecule has 0 spiro atoms. The molecule has 32 heavy (non-hydrogen) atoms. The number of aromatic nitrogens is 2. The second-order valence-electron chi connectivity index (χ2n) is 8.91. The summed E-state index contributed by atoms with van der Waals surface area (Å²) in [6.45, 7) is 13.1. The van der Waals surface area contributed by atoms with Gasteiger partial charge in [0.1, 0.15) is 5.69 Å². The van der Waals surface area contributed by atoms with E-state index < -0.39 is 0 Å². The van der Waals surface area contributed by atoms with Gasteiger partial charge in [-0.1, -0.05) is 17.7 Å². The lowest BCUT2D eigenvalue weighted by molar-refractivity contribution is -0.116. The van der Waals surface area contributed by atoms with Gasteiger partial charge in [0.25, 0.3) is 5.91 Å². The van der Waals surface area contributed by atoms with Gasteiger partial charge in [-0.25, -0.2) is 0 Å². The predicted molar refractivity (Wildman–Crippen MR) is 128 cm³/mol. The molecular formula is C24H34ClN5O2. The molecule has 0 bridgehead atoms. The first-order valence-corrected chi connectivity index (χ1v) is 11.7. The van der Waals surface area contributed by atoms with Crippen LogP contribution in [0.2, 0.25) is 5.02 Å². The lowest BCUT2D eigenvalue weighted by Gasteiger charge is -2.30. The van der Waals surface area contributed by atoms with Crippen LogP contribution in [0.3, 0.4) is 0 Å². The van der Waals surface area contributed by atoms with Gasteiger partial charge >= 0.3 is 0 Å². The summed E-state index contributed by atoms with van der Waals surface area (Å²) in [7, 11) is 0. The zero-order valence-corrected chi connectivity index (χ0v) is 20.5. The molecule has 2 heterocycles. The fourth-order valence-electron chi connectivity index (χ4n) is 4.19. The molecule has 0 unspecified atom stereocenters. The lowest BCUT2D eigenvalue weighted by Crippen LogP contribution is -2.42. The molecule has 0 N–H and O–H groups in total. The Balaban J connectivity index is 2.04. The molecule has 0 radical (unpaired) electrons. The Hall–Kier alpha value is -2.38. The van der Waals surface area contributed by atoms with E-state index in [0.717, 1.165) is 30.8 Å². The molecule has 2 amide bonds. The summed E-state index contributed by atoms with van der Waals surface area (Å²) in [5, 5.41) is 4.92. The summed E-state index contributed by atoms with van der Waals surface area (Å²) >= 11 is 6.31. The number of hydrogen-bond donors (Lipinski definition) is 0. The molecule has 1 aliphatic heterocycles. The van der Waals surface area contributed by atoms with Gasteiger partial charge in [-0.15, -0.1) is 0 Å². The van der Waals surface area contributed by atoms with Crippen LogP contribution >= 0.6 is 11.6 Å². The first-order chi connectivity index (χ1) is 15.2. The van der Waals surface area contributed by atoms with Crippen LogP contribution < -0.4 is 4.90 Å². The largest absolute Gasteiger partial charge is 0.332 e. The van der Waals surface area contributed by atoms with Gasteiger partial charge in [0.15, 0.2) is 0 Å². The maximum Gasteiger partial charge on any atom is 0.272 e. The zero-order valence-electron chi connectivity index (χ0n) is 19.7. The molecule has 8 heteroatoms. The first kappa shape index (κ1) is 24.3. The van der Waals surface area contributed by atoms with Crippen molar-refractivity contribution < 1.29 is 9.59 Å². The van der Waals surface area contributed by atoms with Crippen LogP contribution in [0.5, 0.6) is 0 Å².